The van der Waals surface area contributed by atoms with Crippen molar-refractivity contribution in [3.63, 3.8) is 0 Å². The zero-order valence-corrected chi connectivity index (χ0v) is 11.9. The monoisotopic (exact) mass is 267 g/mol. The van der Waals surface area contributed by atoms with Gasteiger partial charge in [0.05, 0.1) is 12.6 Å². The number of hydrogen-bond acceptors (Lipinski definition) is 3. The predicted octanol–water partition coefficient (Wildman–Crippen LogP) is 0.502. The molecule has 0 radical (unpaired) electrons. The zero-order chi connectivity index (χ0) is 13.8. The molecule has 2 rings (SSSR count). The average Bonchev–Trinajstić information content (AvgIpc) is 3.16. The highest BCUT2D eigenvalue weighted by molar-refractivity contribution is 5.88. The van der Waals surface area contributed by atoms with Crippen LogP contribution in [0.5, 0.6) is 0 Å². The van der Waals surface area contributed by atoms with Crippen molar-refractivity contribution in [3.05, 3.63) is 0 Å². The number of rotatable bonds is 6. The quantitative estimate of drug-likeness (QED) is 0.737. The van der Waals surface area contributed by atoms with Crippen molar-refractivity contribution in [1.29, 1.82) is 0 Å². The Hall–Kier alpha value is -1.10. The van der Waals surface area contributed by atoms with Crippen LogP contribution >= 0.6 is 0 Å². The predicted molar refractivity (Wildman–Crippen MR) is 73.6 cm³/mol. The second kappa shape index (κ2) is 6.37. The molecule has 5 nitrogen and oxygen atoms in total. The van der Waals surface area contributed by atoms with E-state index in [2.05, 4.69) is 24.5 Å². The Bertz CT molecular complexity index is 340. The molecule has 2 aliphatic rings. The number of hydrogen-bond donors (Lipinski definition) is 2. The summed E-state index contributed by atoms with van der Waals surface area (Å²) in [6.07, 6.45) is 4.24. The summed E-state index contributed by atoms with van der Waals surface area (Å²) in [6.45, 7) is 5.69. The third kappa shape index (κ3) is 4.49. The minimum Gasteiger partial charge on any atom is -0.354 e. The minimum atomic E-state index is -0.0702. The Balaban J connectivity index is 1.78. The minimum absolute atomic E-state index is 0.0471. The Labute approximate surface area is 115 Å². The van der Waals surface area contributed by atoms with E-state index in [0.717, 1.165) is 12.8 Å². The zero-order valence-electron chi connectivity index (χ0n) is 11.9. The van der Waals surface area contributed by atoms with E-state index < -0.39 is 0 Å². The average molecular weight is 267 g/mol. The van der Waals surface area contributed by atoms with Crippen molar-refractivity contribution in [1.82, 2.24) is 15.5 Å². The SMILES string of the molecule is CC(C)CNC(=O)CN1CCCC(NC2CC2)C1=O. The Morgan fingerprint density at radius 1 is 1.37 bits per heavy atom. The summed E-state index contributed by atoms with van der Waals surface area (Å²) in [5, 5.41) is 6.24. The van der Waals surface area contributed by atoms with Gasteiger partial charge in [-0.1, -0.05) is 13.8 Å². The van der Waals surface area contributed by atoms with Crippen molar-refractivity contribution in [2.75, 3.05) is 19.6 Å². The van der Waals surface area contributed by atoms with E-state index >= 15 is 0 Å². The summed E-state index contributed by atoms with van der Waals surface area (Å²) in [5.41, 5.74) is 0. The van der Waals surface area contributed by atoms with Gasteiger partial charge in [-0.25, -0.2) is 0 Å². The molecule has 1 aliphatic heterocycles. The van der Waals surface area contributed by atoms with Gasteiger partial charge < -0.3 is 15.5 Å². The molecule has 1 unspecified atom stereocenters. The molecule has 2 amide bonds. The maximum atomic E-state index is 12.2. The van der Waals surface area contributed by atoms with E-state index in [1.165, 1.54) is 12.8 Å². The fraction of sp³-hybridized carbons (Fsp3) is 0.857. The van der Waals surface area contributed by atoms with Gasteiger partial charge in [0, 0.05) is 19.1 Å². The Morgan fingerprint density at radius 2 is 2.11 bits per heavy atom. The number of carbonyl (C=O) groups excluding carboxylic acids is 2. The molecule has 0 spiro atoms. The van der Waals surface area contributed by atoms with Crippen LogP contribution in [0.25, 0.3) is 0 Å². The van der Waals surface area contributed by atoms with Gasteiger partial charge in [0.1, 0.15) is 0 Å². The smallest absolute Gasteiger partial charge is 0.240 e. The molecule has 1 saturated carbocycles. The standard InChI is InChI=1S/C14H25N3O2/c1-10(2)8-15-13(18)9-17-7-3-4-12(14(17)19)16-11-5-6-11/h10-12,16H,3-9H2,1-2H3,(H,15,18). The molecule has 1 atom stereocenters. The number of carbonyl (C=O) groups is 2. The van der Waals surface area contributed by atoms with Gasteiger partial charge in [0.25, 0.3) is 0 Å². The third-order valence-electron chi connectivity index (χ3n) is 3.59. The van der Waals surface area contributed by atoms with Gasteiger partial charge in [0.2, 0.25) is 11.8 Å². The van der Waals surface area contributed by atoms with Crippen molar-refractivity contribution in [2.45, 2.75) is 51.6 Å². The first kappa shape index (κ1) is 14.3. The molecule has 2 N–H and O–H groups in total. The number of piperidine rings is 1. The lowest BCUT2D eigenvalue weighted by Gasteiger charge is -2.32. The fourth-order valence-corrected chi connectivity index (χ4v) is 2.33. The maximum absolute atomic E-state index is 12.2. The molecule has 108 valence electrons. The molecular formula is C14H25N3O2. The van der Waals surface area contributed by atoms with Crippen LogP contribution in [0.4, 0.5) is 0 Å². The topological polar surface area (TPSA) is 61.4 Å². The van der Waals surface area contributed by atoms with E-state index in [-0.39, 0.29) is 24.4 Å². The third-order valence-corrected chi connectivity index (χ3v) is 3.59. The first-order chi connectivity index (χ1) is 9.06. The van der Waals surface area contributed by atoms with E-state index in [0.29, 0.717) is 25.0 Å². The van der Waals surface area contributed by atoms with Gasteiger partial charge in [-0.2, -0.15) is 0 Å². The van der Waals surface area contributed by atoms with Crippen LogP contribution in [-0.2, 0) is 9.59 Å². The highest BCUT2D eigenvalue weighted by Crippen LogP contribution is 2.22. The molecule has 1 saturated heterocycles. The highest BCUT2D eigenvalue weighted by atomic mass is 16.2. The van der Waals surface area contributed by atoms with E-state index in [9.17, 15) is 9.59 Å². The number of nitrogens with zero attached hydrogens (tertiary/aromatic N) is 1. The summed E-state index contributed by atoms with van der Waals surface area (Å²) >= 11 is 0. The lowest BCUT2D eigenvalue weighted by molar-refractivity contribution is -0.140. The second-order valence-corrected chi connectivity index (χ2v) is 6.09. The van der Waals surface area contributed by atoms with Crippen LogP contribution in [0.15, 0.2) is 0 Å². The molecule has 5 heteroatoms. The first-order valence-corrected chi connectivity index (χ1v) is 7.38. The van der Waals surface area contributed by atoms with Crippen molar-refractivity contribution < 1.29 is 9.59 Å². The highest BCUT2D eigenvalue weighted by Gasteiger charge is 2.33. The number of likely N-dealkylation sites (tertiary alicyclic amines) is 1. The number of nitrogens with one attached hydrogen (secondary N) is 2. The molecule has 0 aromatic heterocycles. The van der Waals surface area contributed by atoms with Crippen LogP contribution in [0.2, 0.25) is 0 Å². The molecular weight excluding hydrogens is 242 g/mol. The Kier molecular flexibility index (Phi) is 4.80. The lowest BCUT2D eigenvalue weighted by atomic mass is 10.0. The summed E-state index contributed by atoms with van der Waals surface area (Å²) < 4.78 is 0. The van der Waals surface area contributed by atoms with Crippen LogP contribution in [0.1, 0.15) is 39.5 Å². The van der Waals surface area contributed by atoms with Crippen molar-refractivity contribution in [2.24, 2.45) is 5.92 Å². The van der Waals surface area contributed by atoms with Gasteiger partial charge >= 0.3 is 0 Å². The van der Waals surface area contributed by atoms with Crippen LogP contribution < -0.4 is 10.6 Å². The normalized spacial score (nSPS) is 23.8. The molecule has 0 bridgehead atoms. The summed E-state index contributed by atoms with van der Waals surface area (Å²) in [6, 6.07) is 0.461. The molecule has 0 aromatic carbocycles. The first-order valence-electron chi connectivity index (χ1n) is 7.38. The molecule has 0 aromatic rings. The molecule has 2 fully saturated rings. The largest absolute Gasteiger partial charge is 0.354 e. The molecule has 1 aliphatic carbocycles. The van der Waals surface area contributed by atoms with E-state index in [1.54, 1.807) is 4.90 Å². The van der Waals surface area contributed by atoms with Crippen LogP contribution in [0.3, 0.4) is 0 Å². The summed E-state index contributed by atoms with van der Waals surface area (Å²) in [4.78, 5) is 25.7. The van der Waals surface area contributed by atoms with E-state index in [4.69, 9.17) is 0 Å². The van der Waals surface area contributed by atoms with E-state index in [1.807, 2.05) is 0 Å². The van der Waals surface area contributed by atoms with Crippen molar-refractivity contribution in [3.8, 4) is 0 Å². The Morgan fingerprint density at radius 3 is 2.74 bits per heavy atom. The second-order valence-electron chi connectivity index (χ2n) is 6.09. The van der Waals surface area contributed by atoms with Gasteiger partial charge in [0.15, 0.2) is 0 Å². The summed E-state index contributed by atoms with van der Waals surface area (Å²) in [5.74, 6) is 0.484. The van der Waals surface area contributed by atoms with Crippen molar-refractivity contribution >= 4 is 11.8 Å². The fourth-order valence-electron chi connectivity index (χ4n) is 2.33. The molecule has 19 heavy (non-hydrogen) atoms. The van der Waals surface area contributed by atoms with Gasteiger partial charge in [-0.05, 0) is 31.6 Å². The van der Waals surface area contributed by atoms with Crippen LogP contribution in [0, 0.1) is 5.92 Å². The maximum Gasteiger partial charge on any atom is 0.240 e. The van der Waals surface area contributed by atoms with Gasteiger partial charge in [-0.3, -0.25) is 9.59 Å². The van der Waals surface area contributed by atoms with Crippen LogP contribution in [-0.4, -0.2) is 48.4 Å². The summed E-state index contributed by atoms with van der Waals surface area (Å²) in [7, 11) is 0. The van der Waals surface area contributed by atoms with Gasteiger partial charge in [-0.15, -0.1) is 0 Å². The lowest BCUT2D eigenvalue weighted by Crippen LogP contribution is -2.53. The number of amides is 2. The molecule has 1 heterocycles.